The molecule has 0 aliphatic carbocycles. The SMILES string of the molecule is Cc1ccc(C=C2SC(=S)N(CCC(=O)Nc3ccc(Cl)cc3C(F)(F)F)C2=O)cc1. The molecule has 1 heterocycles. The van der Waals surface area contributed by atoms with Gasteiger partial charge in [-0.2, -0.15) is 13.2 Å². The minimum Gasteiger partial charge on any atom is -0.325 e. The number of hydrogen-bond donors (Lipinski definition) is 1. The first-order valence-electron chi connectivity index (χ1n) is 9.03. The molecule has 1 saturated heterocycles. The lowest BCUT2D eigenvalue weighted by molar-refractivity contribution is -0.137. The fraction of sp³-hybridized carbons (Fsp3) is 0.190. The predicted molar refractivity (Wildman–Crippen MR) is 121 cm³/mol. The fourth-order valence-electron chi connectivity index (χ4n) is 2.79. The van der Waals surface area contributed by atoms with E-state index in [-0.39, 0.29) is 23.9 Å². The van der Waals surface area contributed by atoms with Crippen LogP contribution in [0.5, 0.6) is 0 Å². The number of anilines is 1. The second-order valence-corrected chi connectivity index (χ2v) is 8.84. The van der Waals surface area contributed by atoms with Crippen LogP contribution in [-0.2, 0) is 15.8 Å². The first kappa shape index (κ1) is 23.3. The quantitative estimate of drug-likeness (QED) is 0.424. The molecule has 0 bridgehead atoms. The molecular weight excluding hydrogens is 469 g/mol. The van der Waals surface area contributed by atoms with Crippen molar-refractivity contribution >= 4 is 63.5 Å². The number of aryl methyl sites for hydroxylation is 1. The maximum absolute atomic E-state index is 13.2. The molecule has 0 radical (unpaired) electrons. The highest BCUT2D eigenvalue weighted by molar-refractivity contribution is 8.26. The van der Waals surface area contributed by atoms with E-state index in [4.69, 9.17) is 23.8 Å². The number of carbonyl (C=O) groups excluding carboxylic acids is 2. The van der Waals surface area contributed by atoms with Crippen molar-refractivity contribution in [2.24, 2.45) is 0 Å². The average molecular weight is 485 g/mol. The van der Waals surface area contributed by atoms with E-state index in [1.54, 1.807) is 6.08 Å². The van der Waals surface area contributed by atoms with E-state index >= 15 is 0 Å². The van der Waals surface area contributed by atoms with Crippen molar-refractivity contribution in [2.75, 3.05) is 11.9 Å². The number of thioether (sulfide) groups is 1. The Labute approximate surface area is 191 Å². The van der Waals surface area contributed by atoms with E-state index in [1.165, 1.54) is 11.0 Å². The Morgan fingerprint density at radius 3 is 2.55 bits per heavy atom. The van der Waals surface area contributed by atoms with Gasteiger partial charge >= 0.3 is 6.18 Å². The lowest BCUT2D eigenvalue weighted by atomic mass is 10.1. The van der Waals surface area contributed by atoms with Crippen molar-refractivity contribution in [3.05, 3.63) is 69.1 Å². The summed E-state index contributed by atoms with van der Waals surface area (Å²) < 4.78 is 39.8. The van der Waals surface area contributed by atoms with Crippen molar-refractivity contribution in [3.63, 3.8) is 0 Å². The molecule has 2 aromatic carbocycles. The lowest BCUT2D eigenvalue weighted by Crippen LogP contribution is -2.31. The van der Waals surface area contributed by atoms with Crippen LogP contribution in [0.4, 0.5) is 18.9 Å². The van der Waals surface area contributed by atoms with Crippen LogP contribution in [0.2, 0.25) is 5.02 Å². The number of hydrogen-bond acceptors (Lipinski definition) is 4. The van der Waals surface area contributed by atoms with Gasteiger partial charge in [0.25, 0.3) is 5.91 Å². The Balaban J connectivity index is 1.65. The summed E-state index contributed by atoms with van der Waals surface area (Å²) in [5.41, 5.74) is 0.489. The van der Waals surface area contributed by atoms with E-state index in [9.17, 15) is 22.8 Å². The van der Waals surface area contributed by atoms with Crippen LogP contribution in [0.1, 0.15) is 23.1 Å². The molecule has 0 atom stereocenters. The average Bonchev–Trinajstić information content (AvgIpc) is 2.95. The molecule has 31 heavy (non-hydrogen) atoms. The lowest BCUT2D eigenvalue weighted by Gasteiger charge is -2.16. The molecule has 2 aromatic rings. The van der Waals surface area contributed by atoms with Crippen LogP contribution in [-0.4, -0.2) is 27.6 Å². The molecule has 1 fully saturated rings. The molecule has 0 spiro atoms. The maximum Gasteiger partial charge on any atom is 0.418 e. The number of nitrogens with zero attached hydrogens (tertiary/aromatic N) is 1. The molecular formula is C21H16ClF3N2O2S2. The minimum absolute atomic E-state index is 0.0450. The Morgan fingerprint density at radius 1 is 1.23 bits per heavy atom. The topological polar surface area (TPSA) is 49.4 Å². The van der Waals surface area contributed by atoms with Crippen LogP contribution in [0.3, 0.4) is 0 Å². The zero-order chi connectivity index (χ0) is 22.8. The van der Waals surface area contributed by atoms with Crippen LogP contribution in [0.25, 0.3) is 6.08 Å². The minimum atomic E-state index is -4.67. The van der Waals surface area contributed by atoms with E-state index < -0.39 is 23.3 Å². The van der Waals surface area contributed by atoms with Crippen LogP contribution >= 0.6 is 35.6 Å². The van der Waals surface area contributed by atoms with Crippen LogP contribution in [0.15, 0.2) is 47.4 Å². The molecule has 162 valence electrons. The molecule has 3 rings (SSSR count). The molecule has 4 nitrogen and oxygen atoms in total. The zero-order valence-corrected chi connectivity index (χ0v) is 18.5. The number of carbonyl (C=O) groups is 2. The Kier molecular flexibility index (Phi) is 7.08. The van der Waals surface area contributed by atoms with Gasteiger partial charge in [-0.15, -0.1) is 0 Å². The van der Waals surface area contributed by atoms with Crippen LogP contribution < -0.4 is 5.32 Å². The Hall–Kier alpha value is -2.36. The first-order chi connectivity index (χ1) is 14.5. The zero-order valence-electron chi connectivity index (χ0n) is 16.1. The smallest absolute Gasteiger partial charge is 0.325 e. The second kappa shape index (κ2) is 9.42. The third kappa shape index (κ3) is 5.87. The summed E-state index contributed by atoms with van der Waals surface area (Å²) in [6.45, 7) is 1.91. The van der Waals surface area contributed by atoms with Gasteiger partial charge in [-0.1, -0.05) is 65.4 Å². The molecule has 1 aliphatic heterocycles. The van der Waals surface area contributed by atoms with Gasteiger partial charge < -0.3 is 5.32 Å². The molecule has 0 unspecified atom stereocenters. The van der Waals surface area contributed by atoms with Crippen molar-refractivity contribution in [2.45, 2.75) is 19.5 Å². The summed E-state index contributed by atoms with van der Waals surface area (Å²) in [6, 6.07) is 10.7. The van der Waals surface area contributed by atoms with Crippen molar-refractivity contribution in [1.82, 2.24) is 4.90 Å². The number of thiocarbonyl (C=S) groups is 1. The van der Waals surface area contributed by atoms with E-state index in [0.717, 1.165) is 35.0 Å². The van der Waals surface area contributed by atoms with Crippen molar-refractivity contribution < 1.29 is 22.8 Å². The molecule has 1 N–H and O–H groups in total. The molecule has 2 amide bonds. The van der Waals surface area contributed by atoms with Crippen LogP contribution in [0, 0.1) is 6.92 Å². The van der Waals surface area contributed by atoms with E-state index in [2.05, 4.69) is 5.32 Å². The largest absolute Gasteiger partial charge is 0.418 e. The number of alkyl halides is 3. The number of amides is 2. The number of benzene rings is 2. The molecule has 10 heteroatoms. The number of rotatable bonds is 5. The summed E-state index contributed by atoms with van der Waals surface area (Å²) >= 11 is 12.0. The summed E-state index contributed by atoms with van der Waals surface area (Å²) in [4.78, 5) is 26.6. The first-order valence-corrected chi connectivity index (χ1v) is 10.6. The van der Waals surface area contributed by atoms with Gasteiger partial charge in [0.2, 0.25) is 5.91 Å². The predicted octanol–water partition coefficient (Wildman–Crippen LogP) is 5.90. The number of nitrogens with one attached hydrogen (secondary N) is 1. The summed E-state index contributed by atoms with van der Waals surface area (Å²) in [6.07, 6.45) is -3.18. The highest BCUT2D eigenvalue weighted by Gasteiger charge is 2.35. The summed E-state index contributed by atoms with van der Waals surface area (Å²) in [5, 5.41) is 2.14. The monoisotopic (exact) mass is 484 g/mol. The number of halogens is 4. The Morgan fingerprint density at radius 2 is 1.90 bits per heavy atom. The third-order valence-corrected chi connectivity index (χ3v) is 5.99. The van der Waals surface area contributed by atoms with Gasteiger partial charge in [0, 0.05) is 18.0 Å². The van der Waals surface area contributed by atoms with Gasteiger partial charge in [0.1, 0.15) is 4.32 Å². The highest BCUT2D eigenvalue weighted by atomic mass is 35.5. The van der Waals surface area contributed by atoms with Gasteiger partial charge in [-0.05, 0) is 36.8 Å². The van der Waals surface area contributed by atoms with E-state index in [0.29, 0.717) is 9.23 Å². The molecule has 1 aliphatic rings. The summed E-state index contributed by atoms with van der Waals surface area (Å²) in [5.74, 6) is -1.02. The van der Waals surface area contributed by atoms with Gasteiger partial charge in [0.15, 0.2) is 0 Å². The fourth-order valence-corrected chi connectivity index (χ4v) is 4.27. The molecule has 0 saturated carbocycles. The highest BCUT2D eigenvalue weighted by Crippen LogP contribution is 2.37. The van der Waals surface area contributed by atoms with Gasteiger partial charge in [-0.25, -0.2) is 0 Å². The molecule has 0 aromatic heterocycles. The standard InChI is InChI=1S/C21H16ClF3N2O2S2/c1-12-2-4-13(5-3-12)10-17-19(29)27(20(30)31-17)9-8-18(28)26-16-7-6-14(22)11-15(16)21(23,24)25/h2-7,10-11H,8-9H2,1H3,(H,26,28). The van der Waals surface area contributed by atoms with E-state index in [1.807, 2.05) is 31.2 Å². The summed E-state index contributed by atoms with van der Waals surface area (Å²) in [7, 11) is 0. The maximum atomic E-state index is 13.2. The normalized spacial score (nSPS) is 15.6. The van der Waals surface area contributed by atoms with Gasteiger partial charge in [0.05, 0.1) is 16.2 Å². The van der Waals surface area contributed by atoms with Gasteiger partial charge in [-0.3, -0.25) is 14.5 Å². The van der Waals surface area contributed by atoms with Crippen molar-refractivity contribution in [3.8, 4) is 0 Å². The third-order valence-electron chi connectivity index (χ3n) is 4.37. The van der Waals surface area contributed by atoms with Crippen molar-refractivity contribution in [1.29, 1.82) is 0 Å². The Bertz CT molecular complexity index is 1070. The second-order valence-electron chi connectivity index (χ2n) is 6.73.